The Morgan fingerprint density at radius 3 is 2.85 bits per heavy atom. The van der Waals surface area contributed by atoms with Crippen molar-refractivity contribution in [1.29, 1.82) is 0 Å². The third-order valence-electron chi connectivity index (χ3n) is 4.67. The van der Waals surface area contributed by atoms with Crippen molar-refractivity contribution < 1.29 is 4.79 Å². The third-order valence-corrected chi connectivity index (χ3v) is 4.67. The third kappa shape index (κ3) is 0.962. The summed E-state index contributed by atoms with van der Waals surface area (Å²) in [7, 11) is 0. The Labute approximate surface area is 80.2 Å². The van der Waals surface area contributed by atoms with Crippen LogP contribution < -0.4 is 0 Å². The molecule has 0 spiro atoms. The maximum Gasteiger partial charge on any atom is 0.133 e. The molecule has 0 aromatic heterocycles. The van der Waals surface area contributed by atoms with Gasteiger partial charge in [0.2, 0.25) is 0 Å². The first kappa shape index (κ1) is 8.98. The fraction of sp³-hybridized carbons (Fsp3) is 0.750. The number of fused-ring (bicyclic) bond motifs is 1. The molecule has 1 heteroatoms. The standard InChI is InChI=1S/C12H18O/c1-4-9-7-11(2)6-5-10(13)8-12(9,11)3/h4,9H,1,5-8H2,2-3H3/t9-,11-,12+/m1/s1. The molecule has 0 radical (unpaired) electrons. The highest BCUT2D eigenvalue weighted by molar-refractivity contribution is 5.80. The van der Waals surface area contributed by atoms with Crippen molar-refractivity contribution in [3.63, 3.8) is 0 Å². The minimum atomic E-state index is 0.226. The largest absolute Gasteiger partial charge is 0.300 e. The number of rotatable bonds is 1. The molecule has 0 saturated heterocycles. The van der Waals surface area contributed by atoms with Crippen molar-refractivity contribution in [3.05, 3.63) is 12.7 Å². The molecule has 2 aliphatic carbocycles. The van der Waals surface area contributed by atoms with Gasteiger partial charge >= 0.3 is 0 Å². The summed E-state index contributed by atoms with van der Waals surface area (Å²) in [5.41, 5.74) is 0.643. The highest BCUT2D eigenvalue weighted by Crippen LogP contribution is 2.66. The van der Waals surface area contributed by atoms with Crippen molar-refractivity contribution in [2.75, 3.05) is 0 Å². The van der Waals surface area contributed by atoms with E-state index in [1.54, 1.807) is 0 Å². The van der Waals surface area contributed by atoms with Crippen molar-refractivity contribution in [2.24, 2.45) is 16.7 Å². The fourth-order valence-electron chi connectivity index (χ4n) is 3.25. The van der Waals surface area contributed by atoms with Crippen LogP contribution in [-0.4, -0.2) is 5.78 Å². The van der Waals surface area contributed by atoms with E-state index >= 15 is 0 Å². The summed E-state index contributed by atoms with van der Waals surface area (Å²) in [6.45, 7) is 8.46. The van der Waals surface area contributed by atoms with Crippen molar-refractivity contribution >= 4 is 5.78 Å². The molecule has 72 valence electrons. The molecule has 2 fully saturated rings. The van der Waals surface area contributed by atoms with Crippen LogP contribution in [0.2, 0.25) is 0 Å². The molecule has 0 aromatic carbocycles. The summed E-state index contributed by atoms with van der Waals surface area (Å²) < 4.78 is 0. The van der Waals surface area contributed by atoms with Gasteiger partial charge in [0.15, 0.2) is 0 Å². The SMILES string of the molecule is C=C[C@@H]1C[C@@]2(C)CCC(=O)C[C@@]12C. The van der Waals surface area contributed by atoms with E-state index in [-0.39, 0.29) is 5.41 Å². The summed E-state index contributed by atoms with van der Waals surface area (Å²) in [6, 6.07) is 0. The lowest BCUT2D eigenvalue weighted by Crippen LogP contribution is -2.57. The molecule has 0 amide bonds. The second-order valence-electron chi connectivity index (χ2n) is 5.24. The number of carbonyl (C=O) groups is 1. The van der Waals surface area contributed by atoms with Crippen LogP contribution in [0.15, 0.2) is 12.7 Å². The fourth-order valence-corrected chi connectivity index (χ4v) is 3.25. The molecule has 0 unspecified atom stereocenters. The number of hydrogen-bond donors (Lipinski definition) is 0. The first-order chi connectivity index (χ1) is 6.02. The average Bonchev–Trinajstić information content (AvgIpc) is 2.08. The average molecular weight is 178 g/mol. The zero-order valence-corrected chi connectivity index (χ0v) is 8.60. The second-order valence-corrected chi connectivity index (χ2v) is 5.24. The number of carbonyl (C=O) groups excluding carboxylic acids is 1. The molecule has 2 saturated carbocycles. The highest BCUT2D eigenvalue weighted by atomic mass is 16.1. The lowest BCUT2D eigenvalue weighted by atomic mass is 9.40. The minimum absolute atomic E-state index is 0.226. The van der Waals surface area contributed by atoms with E-state index in [2.05, 4.69) is 20.4 Å². The summed E-state index contributed by atoms with van der Waals surface area (Å²) >= 11 is 0. The molecule has 0 aliphatic heterocycles. The molecule has 0 heterocycles. The summed E-state index contributed by atoms with van der Waals surface area (Å²) in [5.74, 6) is 1.02. The van der Waals surface area contributed by atoms with Gasteiger partial charge in [-0.2, -0.15) is 0 Å². The first-order valence-corrected chi connectivity index (χ1v) is 5.16. The summed E-state index contributed by atoms with van der Waals surface area (Å²) in [4.78, 5) is 11.4. The van der Waals surface area contributed by atoms with E-state index in [4.69, 9.17) is 0 Å². The van der Waals surface area contributed by atoms with Gasteiger partial charge < -0.3 is 0 Å². The number of allylic oxidation sites excluding steroid dienone is 1. The van der Waals surface area contributed by atoms with Crippen LogP contribution in [0.25, 0.3) is 0 Å². The maximum absolute atomic E-state index is 11.4. The predicted molar refractivity (Wildman–Crippen MR) is 53.4 cm³/mol. The van der Waals surface area contributed by atoms with E-state index in [9.17, 15) is 4.79 Å². The van der Waals surface area contributed by atoms with Crippen LogP contribution in [0.5, 0.6) is 0 Å². The second kappa shape index (κ2) is 2.46. The quantitative estimate of drug-likeness (QED) is 0.564. The molecule has 1 nitrogen and oxygen atoms in total. The minimum Gasteiger partial charge on any atom is -0.300 e. The van der Waals surface area contributed by atoms with E-state index < -0.39 is 0 Å². The Morgan fingerprint density at radius 2 is 2.23 bits per heavy atom. The van der Waals surface area contributed by atoms with Gasteiger partial charge in [-0.05, 0) is 29.6 Å². The maximum atomic E-state index is 11.4. The predicted octanol–water partition coefficient (Wildman–Crippen LogP) is 2.96. The normalized spacial score (nSPS) is 49.4. The molecule has 2 rings (SSSR count). The van der Waals surface area contributed by atoms with Crippen LogP contribution in [0.4, 0.5) is 0 Å². The first-order valence-electron chi connectivity index (χ1n) is 5.16. The Balaban J connectivity index is 2.26. The van der Waals surface area contributed by atoms with Gasteiger partial charge in [-0.25, -0.2) is 0 Å². The molecule has 0 bridgehead atoms. The molecular weight excluding hydrogens is 160 g/mol. The Bertz CT molecular complexity index is 264. The Morgan fingerprint density at radius 1 is 1.54 bits per heavy atom. The lowest BCUT2D eigenvalue weighted by Gasteiger charge is -2.63. The summed E-state index contributed by atoms with van der Waals surface area (Å²) in [5, 5.41) is 0. The molecule has 2 aliphatic rings. The van der Waals surface area contributed by atoms with Crippen LogP contribution >= 0.6 is 0 Å². The van der Waals surface area contributed by atoms with Gasteiger partial charge in [0.05, 0.1) is 0 Å². The van der Waals surface area contributed by atoms with Crippen molar-refractivity contribution in [2.45, 2.75) is 39.5 Å². The highest BCUT2D eigenvalue weighted by Gasteiger charge is 2.60. The monoisotopic (exact) mass is 178 g/mol. The van der Waals surface area contributed by atoms with Gasteiger partial charge in [-0.1, -0.05) is 19.9 Å². The van der Waals surface area contributed by atoms with Crippen molar-refractivity contribution in [1.82, 2.24) is 0 Å². The van der Waals surface area contributed by atoms with Crippen LogP contribution in [0.1, 0.15) is 39.5 Å². The number of Topliss-reactive ketones (excluding diaryl/α,β-unsaturated/α-hetero) is 1. The zero-order chi connectivity index (χ0) is 9.69. The van der Waals surface area contributed by atoms with E-state index in [1.165, 1.54) is 6.42 Å². The molecule has 0 aromatic rings. The number of ketones is 1. The topological polar surface area (TPSA) is 17.1 Å². The van der Waals surface area contributed by atoms with Crippen LogP contribution in [0.3, 0.4) is 0 Å². The Hall–Kier alpha value is -0.590. The lowest BCUT2D eigenvalue weighted by molar-refractivity contribution is -0.155. The molecule has 13 heavy (non-hydrogen) atoms. The Kier molecular flexibility index (Phi) is 1.70. The van der Waals surface area contributed by atoms with E-state index in [0.29, 0.717) is 17.1 Å². The van der Waals surface area contributed by atoms with E-state index in [0.717, 1.165) is 19.3 Å². The molecule has 3 atom stereocenters. The van der Waals surface area contributed by atoms with Gasteiger partial charge in [0, 0.05) is 12.8 Å². The molecule has 0 N–H and O–H groups in total. The smallest absolute Gasteiger partial charge is 0.133 e. The van der Waals surface area contributed by atoms with Gasteiger partial charge in [0.1, 0.15) is 5.78 Å². The van der Waals surface area contributed by atoms with Crippen molar-refractivity contribution in [3.8, 4) is 0 Å². The van der Waals surface area contributed by atoms with Gasteiger partial charge in [0.25, 0.3) is 0 Å². The van der Waals surface area contributed by atoms with Crippen LogP contribution in [0, 0.1) is 16.7 Å². The van der Waals surface area contributed by atoms with Gasteiger partial charge in [-0.3, -0.25) is 4.79 Å². The molecular formula is C12H18O. The number of hydrogen-bond acceptors (Lipinski definition) is 1. The summed E-state index contributed by atoms with van der Waals surface area (Å²) in [6.07, 6.45) is 5.95. The van der Waals surface area contributed by atoms with Crippen LogP contribution in [-0.2, 0) is 4.79 Å². The zero-order valence-electron chi connectivity index (χ0n) is 8.60. The van der Waals surface area contributed by atoms with Gasteiger partial charge in [-0.15, -0.1) is 6.58 Å². The van der Waals surface area contributed by atoms with E-state index in [1.807, 2.05) is 6.08 Å².